The Bertz CT molecular complexity index is 32.6. The minimum Gasteiger partial charge on any atom is -0.465 e. The third-order valence-electron chi connectivity index (χ3n) is 0. The fourth-order valence-corrected chi connectivity index (χ4v) is 0. The normalized spacial score (nSPS) is 4.80. The zero-order valence-electron chi connectivity index (χ0n) is 2.93. The van der Waals surface area contributed by atoms with E-state index >= 15 is 0 Å². The van der Waals surface area contributed by atoms with E-state index in [1.165, 1.54) is 0 Å². The molecule has 0 heterocycles. The van der Waals surface area contributed by atoms with Crippen LogP contribution in [0.2, 0.25) is 0 Å². The summed E-state index contributed by atoms with van der Waals surface area (Å²) in [5, 5.41) is 7.19. The number of hydrogen-bond acceptors (Lipinski definition) is 1. The molecule has 5 heavy (non-hydrogen) atoms. The van der Waals surface area contributed by atoms with E-state index in [9.17, 15) is 0 Å². The minimum atomic E-state index is -1.33. The standard InChI is InChI=1S/CH3NO2.Na/c2-1(3)4;/h2H2,(H,3,4);. The van der Waals surface area contributed by atoms with Crippen LogP contribution in [0.3, 0.4) is 0 Å². The zero-order chi connectivity index (χ0) is 3.58. The van der Waals surface area contributed by atoms with Gasteiger partial charge < -0.3 is 10.8 Å². The molecule has 4 heteroatoms. The van der Waals surface area contributed by atoms with Crippen molar-refractivity contribution in [2.45, 2.75) is 0 Å². The Hall–Kier alpha value is 0.270. The molecule has 0 aromatic rings. The summed E-state index contributed by atoms with van der Waals surface area (Å²) in [5.74, 6) is 0. The first kappa shape index (κ1) is 8.99. The van der Waals surface area contributed by atoms with E-state index in [0.717, 1.165) is 0 Å². The Morgan fingerprint density at radius 2 is 1.80 bits per heavy atom. The molecule has 1 amide bonds. The average Bonchev–Trinajstić information content (AvgIpc) is 0.811. The molecular weight excluding hydrogens is 81.0 g/mol. The maximum atomic E-state index is 8.78. The second kappa shape index (κ2) is 4.27. The molecule has 1 radical (unpaired) electrons. The van der Waals surface area contributed by atoms with Gasteiger partial charge in [0.05, 0.1) is 0 Å². The molecular formula is CH3NNaO2. The summed E-state index contributed by atoms with van der Waals surface area (Å²) in [6.45, 7) is 0. The van der Waals surface area contributed by atoms with E-state index in [0.29, 0.717) is 0 Å². The summed E-state index contributed by atoms with van der Waals surface area (Å²) in [4.78, 5) is 8.78. The van der Waals surface area contributed by atoms with Gasteiger partial charge in [0.25, 0.3) is 0 Å². The molecule has 0 saturated heterocycles. The van der Waals surface area contributed by atoms with Gasteiger partial charge in [-0.05, 0) is 0 Å². The maximum Gasteiger partial charge on any atom is 0.402 e. The molecule has 0 aliphatic heterocycles. The summed E-state index contributed by atoms with van der Waals surface area (Å²) >= 11 is 0. The molecule has 3 nitrogen and oxygen atoms in total. The van der Waals surface area contributed by atoms with E-state index < -0.39 is 6.09 Å². The van der Waals surface area contributed by atoms with E-state index in [2.05, 4.69) is 5.73 Å². The van der Waals surface area contributed by atoms with Crippen LogP contribution in [0, 0.1) is 0 Å². The Morgan fingerprint density at radius 3 is 1.80 bits per heavy atom. The minimum absolute atomic E-state index is 0. The van der Waals surface area contributed by atoms with Crippen LogP contribution in [0.4, 0.5) is 4.79 Å². The van der Waals surface area contributed by atoms with Gasteiger partial charge in [0.15, 0.2) is 0 Å². The Kier molecular flexibility index (Phi) is 7.67. The van der Waals surface area contributed by atoms with Crippen LogP contribution in [-0.4, -0.2) is 40.8 Å². The smallest absolute Gasteiger partial charge is 0.402 e. The largest absolute Gasteiger partial charge is 0.465 e. The predicted molar refractivity (Wildman–Crippen MR) is 18.0 cm³/mol. The van der Waals surface area contributed by atoms with E-state index in [1.54, 1.807) is 0 Å². The van der Waals surface area contributed by atoms with Crippen molar-refractivity contribution in [1.29, 1.82) is 0 Å². The van der Waals surface area contributed by atoms with Gasteiger partial charge in [0, 0.05) is 29.6 Å². The molecule has 0 rings (SSSR count). The van der Waals surface area contributed by atoms with Crippen LogP contribution in [0.1, 0.15) is 0 Å². The number of rotatable bonds is 0. The molecule has 25 valence electrons. The first-order valence-corrected chi connectivity index (χ1v) is 0.716. The SMILES string of the molecule is NC(=O)O.[Na]. The van der Waals surface area contributed by atoms with Gasteiger partial charge in [0.2, 0.25) is 0 Å². The fraction of sp³-hybridized carbons (Fsp3) is 0. The van der Waals surface area contributed by atoms with Crippen LogP contribution in [0.5, 0.6) is 0 Å². The van der Waals surface area contributed by atoms with Crippen LogP contribution in [-0.2, 0) is 0 Å². The monoisotopic (exact) mass is 84.0 g/mol. The fourth-order valence-electron chi connectivity index (χ4n) is 0. The third kappa shape index (κ3) is 302. The number of carboxylic acid groups (broad SMARTS) is 1. The summed E-state index contributed by atoms with van der Waals surface area (Å²) in [6.07, 6.45) is -1.33. The second-order valence-corrected chi connectivity index (χ2v) is 0.338. The summed E-state index contributed by atoms with van der Waals surface area (Å²) in [6, 6.07) is 0. The molecule has 0 bridgehead atoms. The van der Waals surface area contributed by atoms with Crippen LogP contribution >= 0.6 is 0 Å². The molecule has 0 fully saturated rings. The molecule has 0 saturated carbocycles. The van der Waals surface area contributed by atoms with Crippen molar-refractivity contribution in [3.8, 4) is 0 Å². The zero-order valence-corrected chi connectivity index (χ0v) is 4.93. The number of primary amides is 1. The molecule has 3 N–H and O–H groups in total. The van der Waals surface area contributed by atoms with Crippen molar-refractivity contribution < 1.29 is 9.90 Å². The summed E-state index contributed by atoms with van der Waals surface area (Å²) in [7, 11) is 0. The predicted octanol–water partition coefficient (Wildman–Crippen LogP) is -0.758. The number of nitrogens with two attached hydrogens (primary N) is 1. The molecule has 0 aromatic heterocycles. The first-order chi connectivity index (χ1) is 1.73. The molecule has 0 aliphatic rings. The van der Waals surface area contributed by atoms with Crippen molar-refractivity contribution in [2.75, 3.05) is 0 Å². The molecule has 0 aliphatic carbocycles. The Balaban J connectivity index is 0. The van der Waals surface area contributed by atoms with Gasteiger partial charge in [-0.1, -0.05) is 0 Å². The van der Waals surface area contributed by atoms with Gasteiger partial charge in [-0.25, -0.2) is 4.79 Å². The van der Waals surface area contributed by atoms with Crippen molar-refractivity contribution in [3.05, 3.63) is 0 Å². The molecule has 0 atom stereocenters. The van der Waals surface area contributed by atoms with Crippen molar-refractivity contribution >= 4 is 35.7 Å². The van der Waals surface area contributed by atoms with Gasteiger partial charge in [0.1, 0.15) is 0 Å². The average molecular weight is 84.0 g/mol. The molecule has 0 spiro atoms. The van der Waals surface area contributed by atoms with Crippen molar-refractivity contribution in [2.24, 2.45) is 5.73 Å². The van der Waals surface area contributed by atoms with E-state index in [-0.39, 0.29) is 29.6 Å². The van der Waals surface area contributed by atoms with Crippen LogP contribution < -0.4 is 5.73 Å². The maximum absolute atomic E-state index is 8.78. The quantitative estimate of drug-likeness (QED) is 0.379. The first-order valence-electron chi connectivity index (χ1n) is 0.716. The number of amides is 1. The topological polar surface area (TPSA) is 63.3 Å². The van der Waals surface area contributed by atoms with Gasteiger partial charge in [-0.15, -0.1) is 0 Å². The Morgan fingerprint density at radius 1 is 1.80 bits per heavy atom. The van der Waals surface area contributed by atoms with Crippen molar-refractivity contribution in [3.63, 3.8) is 0 Å². The van der Waals surface area contributed by atoms with Crippen LogP contribution in [0.25, 0.3) is 0 Å². The van der Waals surface area contributed by atoms with E-state index in [4.69, 9.17) is 9.90 Å². The summed E-state index contributed by atoms with van der Waals surface area (Å²) < 4.78 is 0. The van der Waals surface area contributed by atoms with E-state index in [1.807, 2.05) is 0 Å². The molecule has 0 aromatic carbocycles. The van der Waals surface area contributed by atoms with Gasteiger partial charge in [-0.2, -0.15) is 0 Å². The second-order valence-electron chi connectivity index (χ2n) is 0.338. The van der Waals surface area contributed by atoms with Gasteiger partial charge >= 0.3 is 6.09 Å². The van der Waals surface area contributed by atoms with Gasteiger partial charge in [-0.3, -0.25) is 0 Å². The summed E-state index contributed by atoms with van der Waals surface area (Å²) in [5.41, 5.74) is 4.03. The van der Waals surface area contributed by atoms with Crippen molar-refractivity contribution in [1.82, 2.24) is 0 Å². The number of hydrogen-bond donors (Lipinski definition) is 2. The van der Waals surface area contributed by atoms with Crippen LogP contribution in [0.15, 0.2) is 0 Å². The molecule has 0 unspecified atom stereocenters. The number of carbonyl (C=O) groups is 1. The Labute approximate surface area is 51.4 Å². The third-order valence-corrected chi connectivity index (χ3v) is 0.